The van der Waals surface area contributed by atoms with Gasteiger partial charge >= 0.3 is 0 Å². The zero-order valence-corrected chi connectivity index (χ0v) is 10.6. The largest absolute Gasteiger partial charge is 0.373 e. The molecule has 0 saturated heterocycles. The van der Waals surface area contributed by atoms with Crippen LogP contribution < -0.4 is 0 Å². The normalized spacial score (nSPS) is 19.9. The Morgan fingerprint density at radius 3 is 2.75 bits per heavy atom. The summed E-state index contributed by atoms with van der Waals surface area (Å²) in [6, 6.07) is 0. The third-order valence-electron chi connectivity index (χ3n) is 3.04. The fourth-order valence-corrected chi connectivity index (χ4v) is 2.05. The summed E-state index contributed by atoms with van der Waals surface area (Å²) >= 11 is 0. The van der Waals surface area contributed by atoms with Crippen LogP contribution in [-0.2, 0) is 24.2 Å². The van der Waals surface area contributed by atoms with Crippen molar-refractivity contribution in [1.29, 1.82) is 0 Å². The maximum atomic E-state index is 5.67. The maximum Gasteiger partial charge on any atom is 0.131 e. The fraction of sp³-hybridized carbons (Fsp3) is 0.692. The van der Waals surface area contributed by atoms with Crippen molar-refractivity contribution in [3.05, 3.63) is 22.8 Å². The van der Waals surface area contributed by atoms with Crippen LogP contribution in [0.15, 0.2) is 0 Å². The van der Waals surface area contributed by atoms with E-state index in [0.717, 1.165) is 18.7 Å². The second-order valence-electron chi connectivity index (χ2n) is 4.79. The molecular formula is C13H20N2O. The third-order valence-corrected chi connectivity index (χ3v) is 3.04. The van der Waals surface area contributed by atoms with Gasteiger partial charge in [-0.3, -0.25) is 0 Å². The van der Waals surface area contributed by atoms with E-state index in [9.17, 15) is 0 Å². The summed E-state index contributed by atoms with van der Waals surface area (Å²) in [5.74, 6) is 1.37. The lowest BCUT2D eigenvalue weighted by molar-refractivity contribution is 0.0386. The number of hydrogen-bond acceptors (Lipinski definition) is 3. The average molecular weight is 220 g/mol. The smallest absolute Gasteiger partial charge is 0.131 e. The average Bonchev–Trinajstić information content (AvgIpc) is 2.26. The van der Waals surface area contributed by atoms with Gasteiger partial charge in [-0.2, -0.15) is 0 Å². The van der Waals surface area contributed by atoms with Crippen molar-refractivity contribution in [3.63, 3.8) is 0 Å². The lowest BCUT2D eigenvalue weighted by atomic mass is 10.0. The highest BCUT2D eigenvalue weighted by Gasteiger charge is 2.21. The summed E-state index contributed by atoms with van der Waals surface area (Å²) in [6.45, 7) is 9.21. The lowest BCUT2D eigenvalue weighted by Crippen LogP contribution is -2.23. The molecule has 2 heterocycles. The SMILES string of the molecule is CCc1nc(C(C)C)nc2c1CO[C@H](C)C2. The van der Waals surface area contributed by atoms with Gasteiger partial charge in [0, 0.05) is 23.6 Å². The van der Waals surface area contributed by atoms with E-state index in [1.165, 1.54) is 17.0 Å². The molecule has 1 atom stereocenters. The summed E-state index contributed by atoms with van der Waals surface area (Å²) in [5, 5.41) is 0. The molecule has 0 amide bonds. The third kappa shape index (κ3) is 2.09. The molecule has 2 rings (SSSR count). The van der Waals surface area contributed by atoms with Gasteiger partial charge in [0.1, 0.15) is 5.82 Å². The Bertz CT molecular complexity index is 388. The highest BCUT2D eigenvalue weighted by Crippen LogP contribution is 2.23. The van der Waals surface area contributed by atoms with E-state index in [-0.39, 0.29) is 6.10 Å². The Kier molecular flexibility index (Phi) is 3.24. The molecular weight excluding hydrogens is 200 g/mol. The van der Waals surface area contributed by atoms with E-state index >= 15 is 0 Å². The minimum Gasteiger partial charge on any atom is -0.373 e. The number of fused-ring (bicyclic) bond motifs is 1. The molecule has 0 aromatic carbocycles. The highest BCUT2D eigenvalue weighted by atomic mass is 16.5. The summed E-state index contributed by atoms with van der Waals surface area (Å²) in [7, 11) is 0. The van der Waals surface area contributed by atoms with Gasteiger partial charge in [-0.25, -0.2) is 9.97 Å². The van der Waals surface area contributed by atoms with Gasteiger partial charge in [-0.15, -0.1) is 0 Å². The highest BCUT2D eigenvalue weighted by molar-refractivity contribution is 5.28. The van der Waals surface area contributed by atoms with Gasteiger partial charge in [-0.05, 0) is 13.3 Å². The van der Waals surface area contributed by atoms with Crippen LogP contribution >= 0.6 is 0 Å². The molecule has 0 fully saturated rings. The molecule has 0 aliphatic carbocycles. The van der Waals surface area contributed by atoms with Crippen LogP contribution in [0, 0.1) is 0 Å². The summed E-state index contributed by atoms with van der Waals surface area (Å²) in [5.41, 5.74) is 3.60. The molecule has 3 nitrogen and oxygen atoms in total. The van der Waals surface area contributed by atoms with Crippen LogP contribution in [0.1, 0.15) is 56.4 Å². The van der Waals surface area contributed by atoms with E-state index in [2.05, 4.69) is 37.7 Å². The molecule has 0 unspecified atom stereocenters. The van der Waals surface area contributed by atoms with E-state index in [1.807, 2.05) is 0 Å². The topological polar surface area (TPSA) is 35.0 Å². The maximum absolute atomic E-state index is 5.67. The van der Waals surface area contributed by atoms with Crippen molar-refractivity contribution in [1.82, 2.24) is 9.97 Å². The van der Waals surface area contributed by atoms with E-state index in [1.54, 1.807) is 0 Å². The van der Waals surface area contributed by atoms with Crippen LogP contribution in [0.2, 0.25) is 0 Å². The molecule has 0 radical (unpaired) electrons. The monoisotopic (exact) mass is 220 g/mol. The minimum absolute atomic E-state index is 0.284. The molecule has 0 saturated carbocycles. The Labute approximate surface area is 97.3 Å². The molecule has 3 heteroatoms. The Hall–Kier alpha value is -0.960. The second-order valence-corrected chi connectivity index (χ2v) is 4.79. The predicted molar refractivity (Wildman–Crippen MR) is 63.5 cm³/mol. The van der Waals surface area contributed by atoms with Crippen molar-refractivity contribution in [2.45, 2.75) is 59.2 Å². The van der Waals surface area contributed by atoms with Crippen LogP contribution in [0.25, 0.3) is 0 Å². The molecule has 1 aliphatic rings. The number of hydrogen-bond donors (Lipinski definition) is 0. The first-order chi connectivity index (χ1) is 7.61. The molecule has 0 spiro atoms. The molecule has 88 valence electrons. The number of aryl methyl sites for hydroxylation is 1. The molecule has 1 aromatic rings. The summed E-state index contributed by atoms with van der Waals surface area (Å²) in [6.07, 6.45) is 2.17. The molecule has 0 N–H and O–H groups in total. The number of rotatable bonds is 2. The van der Waals surface area contributed by atoms with E-state index in [0.29, 0.717) is 12.5 Å². The van der Waals surface area contributed by atoms with Gasteiger partial charge in [-0.1, -0.05) is 20.8 Å². The van der Waals surface area contributed by atoms with Crippen LogP contribution in [0.5, 0.6) is 0 Å². The molecule has 0 bridgehead atoms. The fourth-order valence-electron chi connectivity index (χ4n) is 2.05. The van der Waals surface area contributed by atoms with Crippen LogP contribution in [0.4, 0.5) is 0 Å². The molecule has 1 aromatic heterocycles. The van der Waals surface area contributed by atoms with Crippen molar-refractivity contribution >= 4 is 0 Å². The van der Waals surface area contributed by atoms with E-state index < -0.39 is 0 Å². The van der Waals surface area contributed by atoms with Gasteiger partial charge in [0.15, 0.2) is 0 Å². The lowest BCUT2D eigenvalue weighted by Gasteiger charge is -2.24. The van der Waals surface area contributed by atoms with Crippen molar-refractivity contribution in [2.75, 3.05) is 0 Å². The van der Waals surface area contributed by atoms with Crippen LogP contribution in [-0.4, -0.2) is 16.1 Å². The Morgan fingerprint density at radius 1 is 1.38 bits per heavy atom. The zero-order valence-electron chi connectivity index (χ0n) is 10.6. The predicted octanol–water partition coefficient (Wildman–Crippen LogP) is 2.62. The van der Waals surface area contributed by atoms with Crippen molar-refractivity contribution < 1.29 is 4.74 Å². The molecule has 16 heavy (non-hydrogen) atoms. The van der Waals surface area contributed by atoms with Crippen molar-refractivity contribution in [2.24, 2.45) is 0 Å². The zero-order chi connectivity index (χ0) is 11.7. The summed E-state index contributed by atoms with van der Waals surface area (Å²) in [4.78, 5) is 9.32. The van der Waals surface area contributed by atoms with Gasteiger partial charge < -0.3 is 4.74 Å². The van der Waals surface area contributed by atoms with Gasteiger partial charge in [0.25, 0.3) is 0 Å². The standard InChI is InChI=1S/C13H20N2O/c1-5-11-10-7-16-9(4)6-12(10)15-13(14-11)8(2)3/h8-9H,5-7H2,1-4H3/t9-/m1/s1. The first-order valence-electron chi connectivity index (χ1n) is 6.12. The number of nitrogens with zero attached hydrogens (tertiary/aromatic N) is 2. The minimum atomic E-state index is 0.284. The van der Waals surface area contributed by atoms with E-state index in [4.69, 9.17) is 4.74 Å². The van der Waals surface area contributed by atoms with Crippen molar-refractivity contribution in [3.8, 4) is 0 Å². The van der Waals surface area contributed by atoms with Gasteiger partial charge in [0.05, 0.1) is 18.4 Å². The quantitative estimate of drug-likeness (QED) is 0.768. The Morgan fingerprint density at radius 2 is 2.12 bits per heavy atom. The Balaban J connectivity index is 2.46. The first kappa shape index (κ1) is 11.5. The first-order valence-corrected chi connectivity index (χ1v) is 6.12. The van der Waals surface area contributed by atoms with Gasteiger partial charge in [0.2, 0.25) is 0 Å². The molecule has 1 aliphatic heterocycles. The number of aromatic nitrogens is 2. The second kappa shape index (κ2) is 4.50. The van der Waals surface area contributed by atoms with Crippen LogP contribution in [0.3, 0.4) is 0 Å². The number of ether oxygens (including phenoxy) is 1. The summed E-state index contributed by atoms with van der Waals surface area (Å²) < 4.78 is 5.67.